The average Bonchev–Trinajstić information content (AvgIpc) is 2.33. The van der Waals surface area contributed by atoms with E-state index in [2.05, 4.69) is 10.1 Å². The molecule has 1 aromatic carbocycles. The Balaban J connectivity index is 2.31. The smallest absolute Gasteiger partial charge is 0.344 e. The van der Waals surface area contributed by atoms with E-state index in [4.69, 9.17) is 4.74 Å². The summed E-state index contributed by atoms with van der Waals surface area (Å²) in [5, 5.41) is 2.34. The molecule has 92 valence electrons. The highest BCUT2D eigenvalue weighted by atomic mass is 16.6. The summed E-state index contributed by atoms with van der Waals surface area (Å²) in [6.45, 7) is 1.43. The van der Waals surface area contributed by atoms with Crippen LogP contribution in [-0.4, -0.2) is 32.1 Å². The Morgan fingerprint density at radius 1 is 1.29 bits per heavy atom. The van der Waals surface area contributed by atoms with E-state index < -0.39 is 5.97 Å². The zero-order chi connectivity index (χ0) is 12.7. The number of amides is 1. The summed E-state index contributed by atoms with van der Waals surface area (Å²) in [4.78, 5) is 22.0. The summed E-state index contributed by atoms with van der Waals surface area (Å²) < 4.78 is 9.88. The van der Waals surface area contributed by atoms with Crippen molar-refractivity contribution in [1.82, 2.24) is 5.32 Å². The lowest BCUT2D eigenvalue weighted by molar-refractivity contribution is -0.150. The highest BCUT2D eigenvalue weighted by Crippen LogP contribution is 2.11. The van der Waals surface area contributed by atoms with Crippen LogP contribution in [0.4, 0.5) is 0 Å². The third kappa shape index (κ3) is 5.01. The van der Waals surface area contributed by atoms with Crippen LogP contribution >= 0.6 is 0 Å². The minimum absolute atomic E-state index is 0.208. The predicted molar refractivity (Wildman–Crippen MR) is 61.7 cm³/mol. The number of hydrogen-bond acceptors (Lipinski definition) is 4. The van der Waals surface area contributed by atoms with Crippen LogP contribution in [0.3, 0.4) is 0 Å². The van der Waals surface area contributed by atoms with Crippen LogP contribution in [0.1, 0.15) is 5.56 Å². The van der Waals surface area contributed by atoms with Gasteiger partial charge in [-0.05, 0) is 24.6 Å². The molecule has 0 heterocycles. The molecule has 0 aliphatic carbocycles. The fourth-order valence-corrected chi connectivity index (χ4v) is 1.11. The second kappa shape index (κ2) is 6.52. The summed E-state index contributed by atoms with van der Waals surface area (Å²) in [6.07, 6.45) is 0. The molecule has 0 aliphatic heterocycles. The molecule has 0 saturated carbocycles. The number of rotatable bonds is 5. The van der Waals surface area contributed by atoms with Crippen LogP contribution in [0, 0.1) is 6.92 Å². The molecule has 0 aromatic heterocycles. The van der Waals surface area contributed by atoms with Crippen molar-refractivity contribution in [2.75, 3.05) is 20.3 Å². The Labute approximate surface area is 99.7 Å². The molecule has 0 atom stereocenters. The number of nitrogens with one attached hydrogen (secondary N) is 1. The Morgan fingerprint density at radius 3 is 2.71 bits per heavy atom. The van der Waals surface area contributed by atoms with Crippen molar-refractivity contribution < 1.29 is 19.1 Å². The fraction of sp³-hybridized carbons (Fsp3) is 0.333. The normalized spacial score (nSPS) is 9.53. The zero-order valence-electron chi connectivity index (χ0n) is 9.86. The summed E-state index contributed by atoms with van der Waals surface area (Å²) in [6, 6.07) is 7.32. The number of benzene rings is 1. The number of aryl methyl sites for hydroxylation is 1. The molecule has 17 heavy (non-hydrogen) atoms. The van der Waals surface area contributed by atoms with Gasteiger partial charge in [0.05, 0.1) is 0 Å². The average molecular weight is 237 g/mol. The van der Waals surface area contributed by atoms with Gasteiger partial charge in [-0.2, -0.15) is 0 Å². The second-order valence-electron chi connectivity index (χ2n) is 3.44. The van der Waals surface area contributed by atoms with Gasteiger partial charge >= 0.3 is 5.97 Å². The third-order valence-corrected chi connectivity index (χ3v) is 1.99. The third-order valence-electron chi connectivity index (χ3n) is 1.99. The maximum Gasteiger partial charge on any atom is 0.344 e. The lowest BCUT2D eigenvalue weighted by atomic mass is 10.2. The number of likely N-dealkylation sites (N-methyl/N-ethyl adjacent to an activating group) is 1. The molecular weight excluding hydrogens is 222 g/mol. The predicted octanol–water partition coefficient (Wildman–Crippen LogP) is 0.663. The molecule has 1 N–H and O–H groups in total. The first-order valence-electron chi connectivity index (χ1n) is 5.17. The first-order chi connectivity index (χ1) is 8.11. The van der Waals surface area contributed by atoms with E-state index >= 15 is 0 Å². The van der Waals surface area contributed by atoms with Gasteiger partial charge in [-0.15, -0.1) is 0 Å². The van der Waals surface area contributed by atoms with E-state index in [9.17, 15) is 9.59 Å². The Hall–Kier alpha value is -2.04. The van der Waals surface area contributed by atoms with Crippen molar-refractivity contribution in [3.05, 3.63) is 29.8 Å². The van der Waals surface area contributed by atoms with Crippen LogP contribution in [0.2, 0.25) is 0 Å². The largest absolute Gasteiger partial charge is 0.482 e. The van der Waals surface area contributed by atoms with Gasteiger partial charge < -0.3 is 14.8 Å². The van der Waals surface area contributed by atoms with Gasteiger partial charge in [-0.3, -0.25) is 4.79 Å². The van der Waals surface area contributed by atoms with Gasteiger partial charge in [-0.1, -0.05) is 12.1 Å². The van der Waals surface area contributed by atoms with Crippen molar-refractivity contribution in [3.8, 4) is 5.75 Å². The minimum atomic E-state index is -0.574. The maximum atomic E-state index is 11.2. The Bertz CT molecular complexity index is 403. The first kappa shape index (κ1) is 13.0. The second-order valence-corrected chi connectivity index (χ2v) is 3.44. The SMILES string of the molecule is CNC(=O)COC(=O)COc1cccc(C)c1. The molecule has 0 radical (unpaired) electrons. The van der Waals surface area contributed by atoms with Crippen LogP contribution in [0.25, 0.3) is 0 Å². The summed E-state index contributed by atoms with van der Waals surface area (Å²) >= 11 is 0. The van der Waals surface area contributed by atoms with Crippen LogP contribution in [-0.2, 0) is 14.3 Å². The molecule has 0 bridgehead atoms. The molecule has 0 spiro atoms. The molecule has 1 aromatic rings. The van der Waals surface area contributed by atoms with Crippen LogP contribution in [0.5, 0.6) is 5.75 Å². The van der Waals surface area contributed by atoms with Crippen molar-refractivity contribution in [2.45, 2.75) is 6.92 Å². The molecular formula is C12H15NO4. The van der Waals surface area contributed by atoms with Crippen molar-refractivity contribution >= 4 is 11.9 Å². The fourth-order valence-electron chi connectivity index (χ4n) is 1.11. The summed E-state index contributed by atoms with van der Waals surface area (Å²) in [5.74, 6) is -0.328. The van der Waals surface area contributed by atoms with Crippen LogP contribution in [0.15, 0.2) is 24.3 Å². The van der Waals surface area contributed by atoms with Gasteiger partial charge in [0.15, 0.2) is 13.2 Å². The first-order valence-corrected chi connectivity index (χ1v) is 5.17. The number of ether oxygens (including phenoxy) is 2. The summed E-state index contributed by atoms with van der Waals surface area (Å²) in [5.41, 5.74) is 1.04. The Morgan fingerprint density at radius 2 is 2.06 bits per heavy atom. The molecule has 0 saturated heterocycles. The topological polar surface area (TPSA) is 64.6 Å². The molecule has 1 rings (SSSR count). The van der Waals surface area contributed by atoms with Crippen molar-refractivity contribution in [1.29, 1.82) is 0 Å². The standard InChI is InChI=1S/C12H15NO4/c1-9-4-3-5-10(6-9)16-8-12(15)17-7-11(14)13-2/h3-6H,7-8H2,1-2H3,(H,13,14). The van der Waals surface area contributed by atoms with Gasteiger partial charge in [0.2, 0.25) is 0 Å². The molecule has 5 heteroatoms. The van der Waals surface area contributed by atoms with E-state index in [1.165, 1.54) is 7.05 Å². The van der Waals surface area contributed by atoms with E-state index in [0.717, 1.165) is 5.56 Å². The summed E-state index contributed by atoms with van der Waals surface area (Å²) in [7, 11) is 1.47. The molecule has 5 nitrogen and oxygen atoms in total. The quantitative estimate of drug-likeness (QED) is 0.764. The highest BCUT2D eigenvalue weighted by Gasteiger charge is 2.06. The molecule has 1 amide bonds. The minimum Gasteiger partial charge on any atom is -0.482 e. The van der Waals surface area contributed by atoms with E-state index in [0.29, 0.717) is 5.75 Å². The monoisotopic (exact) mass is 237 g/mol. The van der Waals surface area contributed by atoms with Gasteiger partial charge in [0, 0.05) is 7.05 Å². The zero-order valence-corrected chi connectivity index (χ0v) is 9.86. The van der Waals surface area contributed by atoms with E-state index in [1.54, 1.807) is 6.07 Å². The lowest BCUT2D eigenvalue weighted by Crippen LogP contribution is -2.26. The van der Waals surface area contributed by atoms with E-state index in [1.807, 2.05) is 25.1 Å². The number of carbonyl (C=O) groups excluding carboxylic acids is 2. The lowest BCUT2D eigenvalue weighted by Gasteiger charge is -2.06. The molecule has 0 unspecified atom stereocenters. The van der Waals surface area contributed by atoms with E-state index in [-0.39, 0.29) is 19.1 Å². The number of hydrogen-bond donors (Lipinski definition) is 1. The van der Waals surface area contributed by atoms with Gasteiger partial charge in [0.1, 0.15) is 5.75 Å². The number of carbonyl (C=O) groups is 2. The van der Waals surface area contributed by atoms with Crippen molar-refractivity contribution in [3.63, 3.8) is 0 Å². The van der Waals surface area contributed by atoms with Gasteiger partial charge in [0.25, 0.3) is 5.91 Å². The van der Waals surface area contributed by atoms with Crippen LogP contribution < -0.4 is 10.1 Å². The van der Waals surface area contributed by atoms with Crippen molar-refractivity contribution in [2.24, 2.45) is 0 Å². The molecule has 0 fully saturated rings. The van der Waals surface area contributed by atoms with Gasteiger partial charge in [-0.25, -0.2) is 4.79 Å². The molecule has 0 aliphatic rings. The number of esters is 1. The highest BCUT2D eigenvalue weighted by molar-refractivity contribution is 5.80. The Kier molecular flexibility index (Phi) is 5.00. The maximum absolute atomic E-state index is 11.2.